The summed E-state index contributed by atoms with van der Waals surface area (Å²) in [6, 6.07) is 1.72. The van der Waals surface area contributed by atoms with Gasteiger partial charge in [0, 0.05) is 50.2 Å². The van der Waals surface area contributed by atoms with Gasteiger partial charge in [0.25, 0.3) is 11.5 Å². The van der Waals surface area contributed by atoms with Crippen molar-refractivity contribution < 1.29 is 9.18 Å². The third-order valence-electron chi connectivity index (χ3n) is 4.45. The van der Waals surface area contributed by atoms with Crippen molar-refractivity contribution in [2.45, 2.75) is 18.9 Å². The number of piperidine rings is 1. The van der Waals surface area contributed by atoms with E-state index >= 15 is 0 Å². The van der Waals surface area contributed by atoms with Crippen molar-refractivity contribution in [2.75, 3.05) is 13.1 Å². The average Bonchev–Trinajstić information content (AvgIpc) is 3.13. The summed E-state index contributed by atoms with van der Waals surface area (Å²) in [4.78, 5) is 27.6. The number of aryl methyl sites for hydroxylation is 1. The van der Waals surface area contributed by atoms with Gasteiger partial charge in [-0.15, -0.1) is 0 Å². The highest BCUT2D eigenvalue weighted by atomic mass is 19.1. The lowest BCUT2D eigenvalue weighted by atomic mass is 10.1. The van der Waals surface area contributed by atoms with Crippen LogP contribution in [0.2, 0.25) is 0 Å². The largest absolute Gasteiger partial charge is 0.402 e. The fourth-order valence-corrected chi connectivity index (χ4v) is 3.02. The number of fused-ring (bicyclic) bond motifs is 1. The number of hydrazone groups is 1. The lowest BCUT2D eigenvalue weighted by Gasteiger charge is -2.30. The molecule has 0 aliphatic carbocycles. The fraction of sp³-hybridized carbons (Fsp3) is 0.353. The van der Waals surface area contributed by atoms with Gasteiger partial charge in [0.2, 0.25) is 0 Å². The van der Waals surface area contributed by atoms with Gasteiger partial charge in [0.05, 0.1) is 11.8 Å². The van der Waals surface area contributed by atoms with E-state index in [0.717, 1.165) is 12.4 Å². The van der Waals surface area contributed by atoms with Gasteiger partial charge in [-0.3, -0.25) is 14.6 Å². The molecular formula is C17H21FN6O2. The number of nitrogens with two attached hydrogens (primary N) is 1. The minimum Gasteiger partial charge on any atom is -0.402 e. The Balaban J connectivity index is 1.65. The second-order valence-corrected chi connectivity index (χ2v) is 6.22. The summed E-state index contributed by atoms with van der Waals surface area (Å²) in [5, 5.41) is 9.37. The summed E-state index contributed by atoms with van der Waals surface area (Å²) in [5.41, 5.74) is 5.75. The number of H-pyrrole nitrogens is 1. The van der Waals surface area contributed by atoms with Crippen LogP contribution in [0, 0.1) is 0 Å². The molecule has 9 heteroatoms. The number of hydrogen-bond donors (Lipinski definition) is 3. The molecule has 1 aliphatic heterocycles. The first kappa shape index (κ1) is 17.7. The van der Waals surface area contributed by atoms with Crippen LogP contribution in [0.3, 0.4) is 0 Å². The molecule has 0 atom stereocenters. The molecular weight excluding hydrogens is 339 g/mol. The van der Waals surface area contributed by atoms with E-state index in [0.29, 0.717) is 42.4 Å². The van der Waals surface area contributed by atoms with Gasteiger partial charge in [-0.05, 0) is 18.9 Å². The molecule has 2 aromatic rings. The number of aromatic nitrogens is 2. The van der Waals surface area contributed by atoms with Gasteiger partial charge in [-0.1, -0.05) is 0 Å². The Hall–Kier alpha value is -3.10. The number of amides is 1. The van der Waals surface area contributed by atoms with Crippen molar-refractivity contribution >= 4 is 23.0 Å². The van der Waals surface area contributed by atoms with Gasteiger partial charge in [0.1, 0.15) is 5.52 Å². The first-order valence-corrected chi connectivity index (χ1v) is 8.33. The Bertz CT molecular complexity index is 921. The van der Waals surface area contributed by atoms with E-state index < -0.39 is 5.83 Å². The molecule has 0 unspecified atom stereocenters. The summed E-state index contributed by atoms with van der Waals surface area (Å²) in [6.45, 7) is 1.21. The molecule has 0 aromatic carbocycles. The Morgan fingerprint density at radius 3 is 2.88 bits per heavy atom. The van der Waals surface area contributed by atoms with Crippen LogP contribution in [0.4, 0.5) is 4.39 Å². The van der Waals surface area contributed by atoms with Gasteiger partial charge in [0.15, 0.2) is 5.83 Å². The number of nitrogens with zero attached hydrogens (tertiary/aromatic N) is 3. The Morgan fingerprint density at radius 1 is 1.46 bits per heavy atom. The van der Waals surface area contributed by atoms with Crippen LogP contribution in [0.5, 0.6) is 0 Å². The molecule has 0 spiro atoms. The number of rotatable bonds is 4. The van der Waals surface area contributed by atoms with Crippen molar-refractivity contribution in [2.24, 2.45) is 17.9 Å². The van der Waals surface area contributed by atoms with Crippen LogP contribution < -0.4 is 16.6 Å². The molecule has 1 aliphatic rings. The molecule has 0 saturated carbocycles. The molecule has 1 saturated heterocycles. The average molecular weight is 360 g/mol. The maximum Gasteiger partial charge on any atom is 0.274 e. The minimum atomic E-state index is -0.592. The summed E-state index contributed by atoms with van der Waals surface area (Å²) in [7, 11) is 1.62. The summed E-state index contributed by atoms with van der Waals surface area (Å²) in [5.74, 6) is -0.810. The zero-order chi connectivity index (χ0) is 18.7. The smallest absolute Gasteiger partial charge is 0.274 e. The molecule has 138 valence electrons. The standard InChI is InChI=1S/C17H21FN6O2/c1-23-10-14(13-2-5-20-15(13)17(23)26)16(25)22-12-3-6-24(7-4-12)21-9-11(18)8-19/h2,5,8-10,12,20H,3-4,6-7,19H2,1H3,(H,22,25). The maximum absolute atomic E-state index is 13.0. The third kappa shape index (κ3) is 3.61. The zero-order valence-electron chi connectivity index (χ0n) is 14.4. The van der Waals surface area contributed by atoms with Crippen molar-refractivity contribution in [3.63, 3.8) is 0 Å². The summed E-state index contributed by atoms with van der Waals surface area (Å²) >= 11 is 0. The summed E-state index contributed by atoms with van der Waals surface area (Å²) in [6.07, 6.45) is 6.51. The predicted octanol–water partition coefficient (Wildman–Crippen LogP) is 0.816. The molecule has 1 amide bonds. The topological polar surface area (TPSA) is 109 Å². The number of nitrogens with one attached hydrogen (secondary N) is 2. The van der Waals surface area contributed by atoms with E-state index in [4.69, 9.17) is 5.73 Å². The Kier molecular flexibility index (Phi) is 5.06. The van der Waals surface area contributed by atoms with Gasteiger partial charge >= 0.3 is 0 Å². The maximum atomic E-state index is 13.0. The molecule has 3 heterocycles. The van der Waals surface area contributed by atoms with Crippen molar-refractivity contribution in [1.29, 1.82) is 0 Å². The molecule has 26 heavy (non-hydrogen) atoms. The van der Waals surface area contributed by atoms with Crippen molar-refractivity contribution in [3.8, 4) is 0 Å². The normalized spacial score (nSPS) is 16.5. The minimum absolute atomic E-state index is 0.00456. The highest BCUT2D eigenvalue weighted by Crippen LogP contribution is 2.16. The molecule has 2 aromatic heterocycles. The number of aromatic amines is 1. The third-order valence-corrected chi connectivity index (χ3v) is 4.45. The van der Waals surface area contributed by atoms with E-state index in [1.54, 1.807) is 30.5 Å². The van der Waals surface area contributed by atoms with Crippen LogP contribution in [-0.4, -0.2) is 45.8 Å². The molecule has 1 fully saturated rings. The van der Waals surface area contributed by atoms with E-state index in [-0.39, 0.29) is 17.5 Å². The van der Waals surface area contributed by atoms with Gasteiger partial charge in [-0.2, -0.15) is 5.10 Å². The van der Waals surface area contributed by atoms with Crippen LogP contribution >= 0.6 is 0 Å². The lowest BCUT2D eigenvalue weighted by Crippen LogP contribution is -2.43. The number of allylic oxidation sites excluding steroid dienone is 1. The van der Waals surface area contributed by atoms with Crippen LogP contribution in [0.15, 0.2) is 40.4 Å². The highest BCUT2D eigenvalue weighted by Gasteiger charge is 2.22. The number of carbonyl (C=O) groups excluding carboxylic acids is 1. The van der Waals surface area contributed by atoms with Crippen molar-refractivity contribution in [1.82, 2.24) is 19.9 Å². The number of halogens is 1. The molecule has 4 N–H and O–H groups in total. The van der Waals surface area contributed by atoms with Crippen LogP contribution in [0.1, 0.15) is 23.2 Å². The summed E-state index contributed by atoms with van der Waals surface area (Å²) < 4.78 is 14.4. The fourth-order valence-electron chi connectivity index (χ4n) is 3.02. The quantitative estimate of drug-likeness (QED) is 0.701. The molecule has 0 radical (unpaired) electrons. The SMILES string of the molecule is Cn1cc(C(=O)NC2CCN(N=CC(F)=CN)CC2)c2cc[nH]c2c1=O. The van der Waals surface area contributed by atoms with Crippen LogP contribution in [0.25, 0.3) is 10.9 Å². The molecule has 3 rings (SSSR count). The first-order chi connectivity index (χ1) is 12.5. The van der Waals surface area contributed by atoms with E-state index in [1.807, 2.05) is 0 Å². The number of hydrogen-bond acceptors (Lipinski definition) is 5. The Morgan fingerprint density at radius 2 is 2.19 bits per heavy atom. The predicted molar refractivity (Wildman–Crippen MR) is 97.5 cm³/mol. The number of carbonyl (C=O) groups is 1. The first-order valence-electron chi connectivity index (χ1n) is 8.33. The zero-order valence-corrected chi connectivity index (χ0v) is 14.4. The van der Waals surface area contributed by atoms with Crippen LogP contribution in [-0.2, 0) is 7.05 Å². The Labute approximate surface area is 149 Å². The second kappa shape index (κ2) is 7.42. The van der Waals surface area contributed by atoms with E-state index in [2.05, 4.69) is 15.4 Å². The van der Waals surface area contributed by atoms with E-state index in [9.17, 15) is 14.0 Å². The second-order valence-electron chi connectivity index (χ2n) is 6.22. The number of pyridine rings is 1. The molecule has 8 nitrogen and oxygen atoms in total. The van der Waals surface area contributed by atoms with Gasteiger partial charge < -0.3 is 20.6 Å². The van der Waals surface area contributed by atoms with Gasteiger partial charge in [-0.25, -0.2) is 4.39 Å². The molecule has 0 bridgehead atoms. The monoisotopic (exact) mass is 360 g/mol. The van der Waals surface area contributed by atoms with Crippen molar-refractivity contribution in [3.05, 3.63) is 46.4 Å². The highest BCUT2D eigenvalue weighted by molar-refractivity contribution is 6.06. The van der Waals surface area contributed by atoms with E-state index in [1.165, 1.54) is 4.57 Å². The lowest BCUT2D eigenvalue weighted by molar-refractivity contribution is 0.0913.